The Balaban J connectivity index is 1.58. The van der Waals surface area contributed by atoms with Crippen LogP contribution >= 0.6 is 0 Å². The van der Waals surface area contributed by atoms with E-state index in [0.717, 1.165) is 0 Å². The number of ether oxygens (including phenoxy) is 1. The van der Waals surface area contributed by atoms with Crippen molar-refractivity contribution in [3.8, 4) is 5.75 Å². The van der Waals surface area contributed by atoms with E-state index in [1.807, 2.05) is 0 Å². The molecule has 0 bridgehead atoms. The van der Waals surface area contributed by atoms with Gasteiger partial charge in [0.1, 0.15) is 11.6 Å². The minimum absolute atomic E-state index is 0.152. The Morgan fingerprint density at radius 2 is 2.00 bits per heavy atom. The monoisotopic (exact) mass is 343 g/mol. The number of urea groups is 1. The first kappa shape index (κ1) is 16.8. The maximum atomic E-state index is 13.3. The molecule has 2 aromatic rings. The summed E-state index contributed by atoms with van der Waals surface area (Å²) in [5.74, 6) is 0.136. The predicted octanol–water partition coefficient (Wildman–Crippen LogP) is 2.76. The number of halogens is 1. The Labute approximate surface area is 144 Å². The number of methoxy groups -OCH3 is 1. The average Bonchev–Trinajstić information content (AvgIpc) is 2.95. The number of carbonyl (C=O) groups excluding carboxylic acids is 2. The van der Waals surface area contributed by atoms with Gasteiger partial charge in [0.05, 0.1) is 13.2 Å². The van der Waals surface area contributed by atoms with Gasteiger partial charge in [-0.3, -0.25) is 4.79 Å². The van der Waals surface area contributed by atoms with Crippen LogP contribution in [0, 0.1) is 5.82 Å². The number of hydrogen-bond acceptors (Lipinski definition) is 3. The van der Waals surface area contributed by atoms with Crippen LogP contribution in [0.1, 0.15) is 6.42 Å². The normalized spacial score (nSPS) is 16.6. The van der Waals surface area contributed by atoms with E-state index >= 15 is 0 Å². The molecule has 1 aliphatic rings. The van der Waals surface area contributed by atoms with Crippen LogP contribution in [0.25, 0.3) is 0 Å². The molecular weight excluding hydrogens is 325 g/mol. The topological polar surface area (TPSA) is 70.7 Å². The molecule has 1 aliphatic heterocycles. The fourth-order valence-corrected chi connectivity index (χ4v) is 2.72. The van der Waals surface area contributed by atoms with Crippen molar-refractivity contribution in [3.63, 3.8) is 0 Å². The number of hydrogen-bond donors (Lipinski definition) is 2. The van der Waals surface area contributed by atoms with Gasteiger partial charge in [-0.05, 0) is 42.5 Å². The maximum Gasteiger partial charge on any atom is 0.319 e. The van der Waals surface area contributed by atoms with E-state index in [0.29, 0.717) is 23.7 Å². The number of rotatable bonds is 4. The third-order valence-electron chi connectivity index (χ3n) is 3.93. The van der Waals surface area contributed by atoms with Crippen molar-refractivity contribution in [2.24, 2.45) is 0 Å². The second-order valence-electron chi connectivity index (χ2n) is 5.71. The second kappa shape index (κ2) is 7.21. The number of anilines is 2. The lowest BCUT2D eigenvalue weighted by Crippen LogP contribution is -2.39. The maximum absolute atomic E-state index is 13.3. The number of benzene rings is 2. The molecule has 2 aromatic carbocycles. The molecule has 0 spiro atoms. The molecule has 1 heterocycles. The molecule has 1 atom stereocenters. The summed E-state index contributed by atoms with van der Waals surface area (Å²) in [6, 6.07) is 12.0. The fraction of sp³-hybridized carbons (Fsp3) is 0.222. The van der Waals surface area contributed by atoms with Crippen molar-refractivity contribution < 1.29 is 18.7 Å². The first-order valence-corrected chi connectivity index (χ1v) is 7.82. The third kappa shape index (κ3) is 4.06. The number of nitrogens with zero attached hydrogens (tertiary/aromatic N) is 1. The highest BCUT2D eigenvalue weighted by atomic mass is 19.1. The lowest BCUT2D eigenvalue weighted by Gasteiger charge is -2.17. The Kier molecular flexibility index (Phi) is 4.83. The summed E-state index contributed by atoms with van der Waals surface area (Å²) >= 11 is 0. The van der Waals surface area contributed by atoms with Crippen molar-refractivity contribution in [3.05, 3.63) is 54.3 Å². The summed E-state index contributed by atoms with van der Waals surface area (Å²) in [7, 11) is 1.57. The summed E-state index contributed by atoms with van der Waals surface area (Å²) in [6.07, 6.45) is 0.173. The standard InChI is InChI=1S/C18H18FN3O3/c1-25-16-7-5-13(6-8-16)20-18(24)21-14-10-17(23)22(11-14)15-4-2-3-12(19)9-15/h2-9,14H,10-11H2,1H3,(H2,20,21,24)/t14-/m0/s1. The number of carbonyl (C=O) groups is 2. The van der Waals surface area contributed by atoms with E-state index in [-0.39, 0.29) is 18.4 Å². The van der Waals surface area contributed by atoms with Crippen LogP contribution in [0.3, 0.4) is 0 Å². The van der Waals surface area contributed by atoms with Crippen LogP contribution in [0.2, 0.25) is 0 Å². The molecule has 2 N–H and O–H groups in total. The summed E-state index contributed by atoms with van der Waals surface area (Å²) < 4.78 is 18.4. The van der Waals surface area contributed by atoms with Crippen LogP contribution in [-0.2, 0) is 4.79 Å². The van der Waals surface area contributed by atoms with Crippen molar-refractivity contribution in [1.82, 2.24) is 5.32 Å². The summed E-state index contributed by atoms with van der Waals surface area (Å²) in [5, 5.41) is 5.47. The molecule has 130 valence electrons. The second-order valence-corrected chi connectivity index (χ2v) is 5.71. The molecule has 0 saturated carbocycles. The average molecular weight is 343 g/mol. The molecule has 1 fully saturated rings. The molecule has 1 saturated heterocycles. The van der Waals surface area contributed by atoms with E-state index < -0.39 is 11.8 Å². The van der Waals surface area contributed by atoms with Crippen LogP contribution in [0.15, 0.2) is 48.5 Å². The first-order chi connectivity index (χ1) is 12.0. The van der Waals surface area contributed by atoms with Crippen molar-refractivity contribution in [2.75, 3.05) is 23.9 Å². The van der Waals surface area contributed by atoms with Crippen molar-refractivity contribution in [1.29, 1.82) is 0 Å². The number of nitrogens with one attached hydrogen (secondary N) is 2. The minimum atomic E-state index is -0.404. The zero-order valence-electron chi connectivity index (χ0n) is 13.7. The fourth-order valence-electron chi connectivity index (χ4n) is 2.72. The van der Waals surface area contributed by atoms with E-state index in [1.54, 1.807) is 43.5 Å². The molecular formula is C18H18FN3O3. The van der Waals surface area contributed by atoms with Gasteiger partial charge in [0.25, 0.3) is 0 Å². The van der Waals surface area contributed by atoms with Gasteiger partial charge in [-0.25, -0.2) is 9.18 Å². The van der Waals surface area contributed by atoms with Gasteiger partial charge in [0, 0.05) is 24.3 Å². The van der Waals surface area contributed by atoms with Crippen LogP contribution in [-0.4, -0.2) is 31.6 Å². The lowest BCUT2D eigenvalue weighted by molar-refractivity contribution is -0.117. The summed E-state index contributed by atoms with van der Waals surface area (Å²) in [5.41, 5.74) is 1.11. The van der Waals surface area contributed by atoms with Gasteiger partial charge in [0.2, 0.25) is 5.91 Å². The van der Waals surface area contributed by atoms with Gasteiger partial charge in [-0.2, -0.15) is 0 Å². The first-order valence-electron chi connectivity index (χ1n) is 7.82. The smallest absolute Gasteiger partial charge is 0.319 e. The molecule has 7 heteroatoms. The molecule has 0 aliphatic carbocycles. The largest absolute Gasteiger partial charge is 0.497 e. The van der Waals surface area contributed by atoms with Gasteiger partial charge >= 0.3 is 6.03 Å². The highest BCUT2D eigenvalue weighted by Gasteiger charge is 2.31. The van der Waals surface area contributed by atoms with E-state index in [9.17, 15) is 14.0 Å². The van der Waals surface area contributed by atoms with E-state index in [2.05, 4.69) is 10.6 Å². The van der Waals surface area contributed by atoms with Gasteiger partial charge < -0.3 is 20.3 Å². The van der Waals surface area contributed by atoms with Crippen LogP contribution < -0.4 is 20.3 Å². The van der Waals surface area contributed by atoms with Gasteiger partial charge in [-0.1, -0.05) is 6.07 Å². The Hall–Kier alpha value is -3.09. The lowest BCUT2D eigenvalue weighted by atomic mass is 10.2. The Morgan fingerprint density at radius 1 is 1.24 bits per heavy atom. The number of amides is 3. The molecule has 0 radical (unpaired) electrons. The van der Waals surface area contributed by atoms with Gasteiger partial charge in [0.15, 0.2) is 0 Å². The predicted molar refractivity (Wildman–Crippen MR) is 92.3 cm³/mol. The summed E-state index contributed by atoms with van der Waals surface area (Å²) in [6.45, 7) is 0.304. The highest BCUT2D eigenvalue weighted by molar-refractivity contribution is 5.97. The third-order valence-corrected chi connectivity index (χ3v) is 3.93. The van der Waals surface area contributed by atoms with Crippen molar-refractivity contribution >= 4 is 23.3 Å². The molecule has 6 nitrogen and oxygen atoms in total. The summed E-state index contributed by atoms with van der Waals surface area (Å²) in [4.78, 5) is 25.7. The molecule has 3 amide bonds. The quantitative estimate of drug-likeness (QED) is 0.897. The highest BCUT2D eigenvalue weighted by Crippen LogP contribution is 2.22. The zero-order chi connectivity index (χ0) is 17.8. The SMILES string of the molecule is COc1ccc(NC(=O)N[C@H]2CC(=O)N(c3cccc(F)c3)C2)cc1. The Bertz CT molecular complexity index is 779. The molecule has 0 unspecified atom stereocenters. The van der Waals surface area contributed by atoms with Crippen molar-refractivity contribution in [2.45, 2.75) is 12.5 Å². The molecule has 25 heavy (non-hydrogen) atoms. The molecule has 3 rings (SSSR count). The van der Waals surface area contributed by atoms with E-state index in [4.69, 9.17) is 4.74 Å². The van der Waals surface area contributed by atoms with Crippen LogP contribution in [0.4, 0.5) is 20.6 Å². The van der Waals surface area contributed by atoms with E-state index in [1.165, 1.54) is 17.0 Å². The van der Waals surface area contributed by atoms with Gasteiger partial charge in [-0.15, -0.1) is 0 Å². The molecule has 0 aromatic heterocycles. The zero-order valence-corrected chi connectivity index (χ0v) is 13.7. The Morgan fingerprint density at radius 3 is 2.68 bits per heavy atom. The minimum Gasteiger partial charge on any atom is -0.497 e. The van der Waals surface area contributed by atoms with Crippen LogP contribution in [0.5, 0.6) is 5.75 Å².